The van der Waals surface area contributed by atoms with Crippen LogP contribution in [0.1, 0.15) is 24.0 Å². The van der Waals surface area contributed by atoms with Gasteiger partial charge in [-0.2, -0.15) is 0 Å². The van der Waals surface area contributed by atoms with Crippen LogP contribution in [0.3, 0.4) is 0 Å². The summed E-state index contributed by atoms with van der Waals surface area (Å²) in [5.41, 5.74) is 7.57. The molecule has 4 nitrogen and oxygen atoms in total. The second kappa shape index (κ2) is 8.66. The number of rotatable bonds is 5. The third-order valence-corrected chi connectivity index (χ3v) is 5.85. The molecule has 2 heterocycles. The minimum atomic E-state index is 0.325. The second-order valence-corrected chi connectivity index (χ2v) is 8.03. The van der Waals surface area contributed by atoms with Crippen LogP contribution in [0.4, 0.5) is 5.69 Å². The molecule has 1 saturated heterocycles. The molecule has 3 aromatic rings. The zero-order chi connectivity index (χ0) is 20.2. The number of nitrogens with one attached hydrogen (secondary N) is 2. The van der Waals surface area contributed by atoms with Crippen molar-refractivity contribution in [1.29, 1.82) is 0 Å². The lowest BCUT2D eigenvalue weighted by atomic mass is 9.97. The lowest BCUT2D eigenvalue weighted by Gasteiger charge is -2.23. The molecule has 29 heavy (non-hydrogen) atoms. The molecule has 150 valence electrons. The number of phenols is 1. The van der Waals surface area contributed by atoms with E-state index < -0.39 is 0 Å². The van der Waals surface area contributed by atoms with Crippen LogP contribution in [0, 0.1) is 19.8 Å². The van der Waals surface area contributed by atoms with Gasteiger partial charge in [0.05, 0.1) is 5.69 Å². The number of hydrogen-bond acceptors (Lipinski definition) is 4. The number of piperidine rings is 1. The number of pyridine rings is 1. The van der Waals surface area contributed by atoms with Gasteiger partial charge in [0.15, 0.2) is 0 Å². The molecule has 0 amide bonds. The van der Waals surface area contributed by atoms with E-state index in [0.717, 1.165) is 53.5 Å². The first-order valence-electron chi connectivity index (χ1n) is 10.4. The molecule has 1 aliphatic heterocycles. The van der Waals surface area contributed by atoms with Crippen molar-refractivity contribution in [2.75, 3.05) is 25.0 Å². The highest BCUT2D eigenvalue weighted by Crippen LogP contribution is 2.30. The van der Waals surface area contributed by atoms with Gasteiger partial charge < -0.3 is 15.7 Å². The van der Waals surface area contributed by atoms with Gasteiger partial charge >= 0.3 is 0 Å². The number of nitrogens with zero attached hydrogens (tertiary/aromatic N) is 1. The van der Waals surface area contributed by atoms with Gasteiger partial charge in [-0.1, -0.05) is 12.1 Å². The van der Waals surface area contributed by atoms with Crippen molar-refractivity contribution >= 4 is 5.69 Å². The number of aromatic hydroxyl groups is 1. The largest absolute Gasteiger partial charge is 0.508 e. The first-order valence-corrected chi connectivity index (χ1v) is 10.4. The highest BCUT2D eigenvalue weighted by Gasteiger charge is 2.13. The van der Waals surface area contributed by atoms with Crippen molar-refractivity contribution < 1.29 is 5.11 Å². The first-order chi connectivity index (χ1) is 14.1. The van der Waals surface area contributed by atoms with Gasteiger partial charge in [-0.05, 0) is 104 Å². The molecule has 0 radical (unpaired) electrons. The third-order valence-electron chi connectivity index (χ3n) is 5.85. The Kier molecular flexibility index (Phi) is 5.81. The van der Waals surface area contributed by atoms with Crippen molar-refractivity contribution in [3.63, 3.8) is 0 Å². The van der Waals surface area contributed by atoms with Crippen LogP contribution < -0.4 is 10.6 Å². The third kappa shape index (κ3) is 4.60. The van der Waals surface area contributed by atoms with Gasteiger partial charge in [-0.15, -0.1) is 0 Å². The summed E-state index contributed by atoms with van der Waals surface area (Å²) < 4.78 is 0. The quantitative estimate of drug-likeness (QED) is 0.567. The molecule has 1 aromatic heterocycles. The van der Waals surface area contributed by atoms with Crippen LogP contribution in [0.15, 0.2) is 54.7 Å². The number of phenolic OH excluding ortho intramolecular Hbond substituents is 1. The minimum absolute atomic E-state index is 0.325. The normalized spacial score (nSPS) is 14.7. The standard InChI is InChI=1S/C25H29N3O/c1-17-14-22(28-16-19-7-10-26-11-8-19)4-5-23(17)24-15-21(9-12-27-24)20-3-6-25(29)18(2)13-20/h3-6,9,12-15,19,26,28-29H,7-8,10-11,16H2,1-2H3. The van der Waals surface area contributed by atoms with Crippen molar-refractivity contribution in [1.82, 2.24) is 10.3 Å². The predicted molar refractivity (Wildman–Crippen MR) is 120 cm³/mol. The summed E-state index contributed by atoms with van der Waals surface area (Å²) in [4.78, 5) is 4.61. The Morgan fingerprint density at radius 2 is 1.76 bits per heavy atom. The summed E-state index contributed by atoms with van der Waals surface area (Å²) in [5.74, 6) is 1.08. The van der Waals surface area contributed by atoms with Crippen molar-refractivity contribution in [3.05, 3.63) is 65.9 Å². The van der Waals surface area contributed by atoms with Crippen molar-refractivity contribution in [2.24, 2.45) is 5.92 Å². The maximum Gasteiger partial charge on any atom is 0.118 e. The summed E-state index contributed by atoms with van der Waals surface area (Å²) >= 11 is 0. The molecule has 4 heteroatoms. The Morgan fingerprint density at radius 3 is 2.52 bits per heavy atom. The Bertz CT molecular complexity index is 993. The molecule has 2 aromatic carbocycles. The lowest BCUT2D eigenvalue weighted by Crippen LogP contribution is -2.31. The van der Waals surface area contributed by atoms with Gasteiger partial charge in [0, 0.05) is 24.0 Å². The van der Waals surface area contributed by atoms with Gasteiger partial charge in [-0.3, -0.25) is 4.98 Å². The zero-order valence-corrected chi connectivity index (χ0v) is 17.2. The molecule has 4 rings (SSSR count). The van der Waals surface area contributed by atoms with E-state index in [4.69, 9.17) is 0 Å². The summed E-state index contributed by atoms with van der Waals surface area (Å²) in [6.07, 6.45) is 4.35. The Morgan fingerprint density at radius 1 is 0.966 bits per heavy atom. The highest BCUT2D eigenvalue weighted by molar-refractivity contribution is 5.74. The number of aromatic nitrogens is 1. The van der Waals surface area contributed by atoms with Crippen LogP contribution in [-0.2, 0) is 0 Å². The number of hydrogen-bond donors (Lipinski definition) is 3. The average molecular weight is 388 g/mol. The summed E-state index contributed by atoms with van der Waals surface area (Å²) in [6, 6.07) is 16.4. The number of anilines is 1. The fraction of sp³-hybridized carbons (Fsp3) is 0.320. The smallest absolute Gasteiger partial charge is 0.118 e. The molecular weight excluding hydrogens is 358 g/mol. The van der Waals surface area contributed by atoms with E-state index in [-0.39, 0.29) is 0 Å². The van der Waals surface area contributed by atoms with E-state index in [1.165, 1.54) is 24.1 Å². The highest BCUT2D eigenvalue weighted by atomic mass is 16.3. The second-order valence-electron chi connectivity index (χ2n) is 8.03. The molecule has 0 unspecified atom stereocenters. The molecule has 0 aliphatic carbocycles. The van der Waals surface area contributed by atoms with E-state index >= 15 is 0 Å². The number of benzene rings is 2. The van der Waals surface area contributed by atoms with E-state index in [1.54, 1.807) is 6.07 Å². The minimum Gasteiger partial charge on any atom is -0.508 e. The van der Waals surface area contributed by atoms with Crippen LogP contribution in [0.5, 0.6) is 5.75 Å². The van der Waals surface area contributed by atoms with Crippen LogP contribution in [0.25, 0.3) is 22.4 Å². The van der Waals surface area contributed by atoms with E-state index in [9.17, 15) is 5.11 Å². The van der Waals surface area contributed by atoms with Gasteiger partial charge in [0.25, 0.3) is 0 Å². The van der Waals surface area contributed by atoms with Gasteiger partial charge in [0.1, 0.15) is 5.75 Å². The maximum absolute atomic E-state index is 9.79. The Balaban J connectivity index is 1.52. The van der Waals surface area contributed by atoms with Gasteiger partial charge in [-0.25, -0.2) is 0 Å². The molecular formula is C25H29N3O. The van der Waals surface area contributed by atoms with Crippen LogP contribution in [0.2, 0.25) is 0 Å². The number of aryl methyl sites for hydroxylation is 2. The van der Waals surface area contributed by atoms with E-state index in [2.05, 4.69) is 46.8 Å². The first kappa shape index (κ1) is 19.5. The summed E-state index contributed by atoms with van der Waals surface area (Å²) in [5, 5.41) is 16.8. The van der Waals surface area contributed by atoms with Crippen molar-refractivity contribution in [3.8, 4) is 28.1 Å². The lowest BCUT2D eigenvalue weighted by molar-refractivity contribution is 0.390. The molecule has 0 atom stereocenters. The fourth-order valence-electron chi connectivity index (χ4n) is 4.00. The Labute approximate surface area is 173 Å². The molecule has 1 fully saturated rings. The van der Waals surface area contributed by atoms with Crippen molar-refractivity contribution in [2.45, 2.75) is 26.7 Å². The molecule has 0 saturated carbocycles. The fourth-order valence-corrected chi connectivity index (χ4v) is 4.00. The molecule has 0 bridgehead atoms. The molecule has 3 N–H and O–H groups in total. The summed E-state index contributed by atoms with van der Waals surface area (Å²) in [6.45, 7) is 7.36. The monoisotopic (exact) mass is 387 g/mol. The molecule has 0 spiro atoms. The van der Waals surface area contributed by atoms with E-state index in [0.29, 0.717) is 5.75 Å². The van der Waals surface area contributed by atoms with E-state index in [1.807, 2.05) is 31.3 Å². The van der Waals surface area contributed by atoms with Crippen LogP contribution in [-0.4, -0.2) is 29.7 Å². The zero-order valence-electron chi connectivity index (χ0n) is 17.2. The Hall–Kier alpha value is -2.85. The van der Waals surface area contributed by atoms with Gasteiger partial charge in [0.2, 0.25) is 0 Å². The topological polar surface area (TPSA) is 57.2 Å². The molecule has 1 aliphatic rings. The average Bonchev–Trinajstić information content (AvgIpc) is 2.75. The SMILES string of the molecule is Cc1cc(-c2ccnc(-c3ccc(NCC4CCNCC4)cc3C)c2)ccc1O. The predicted octanol–water partition coefficient (Wildman–Crippen LogP) is 5.15. The summed E-state index contributed by atoms with van der Waals surface area (Å²) in [7, 11) is 0. The van der Waals surface area contributed by atoms with Crippen LogP contribution >= 0.6 is 0 Å². The maximum atomic E-state index is 9.79.